The van der Waals surface area contributed by atoms with Crippen molar-refractivity contribution < 1.29 is 14.6 Å². The highest BCUT2D eigenvalue weighted by atomic mass is 35.5. The normalized spacial score (nSPS) is 11.2. The van der Waals surface area contributed by atoms with Crippen LogP contribution in [0.2, 0.25) is 5.02 Å². The van der Waals surface area contributed by atoms with Crippen LogP contribution in [0, 0.1) is 18.3 Å². The van der Waals surface area contributed by atoms with Gasteiger partial charge in [-0.1, -0.05) is 23.7 Å². The van der Waals surface area contributed by atoms with Gasteiger partial charge in [-0.2, -0.15) is 5.26 Å². The Morgan fingerprint density at radius 1 is 1.29 bits per heavy atom. The third kappa shape index (κ3) is 5.18. The van der Waals surface area contributed by atoms with Crippen LogP contribution in [-0.2, 0) is 11.3 Å². The van der Waals surface area contributed by atoms with E-state index in [4.69, 9.17) is 22.1 Å². The average Bonchev–Trinajstić information content (AvgIpc) is 2.98. The summed E-state index contributed by atoms with van der Waals surface area (Å²) in [5.41, 5.74) is 6.90. The fourth-order valence-corrected chi connectivity index (χ4v) is 3.75. The number of anilines is 1. The zero-order valence-corrected chi connectivity index (χ0v) is 20.1. The highest BCUT2D eigenvalue weighted by Gasteiger charge is 2.27. The van der Waals surface area contributed by atoms with Crippen molar-refractivity contribution in [3.05, 3.63) is 57.0 Å². The number of nitrogen functional groups attached to an aromatic ring is 1. The van der Waals surface area contributed by atoms with Gasteiger partial charge in [-0.15, -0.1) is 0 Å². The van der Waals surface area contributed by atoms with Crippen molar-refractivity contribution in [3.8, 4) is 34.2 Å². The van der Waals surface area contributed by atoms with Crippen LogP contribution in [0.4, 0.5) is 10.6 Å². The number of aromatic nitrogens is 2. The maximum atomic E-state index is 12.9. The minimum atomic E-state index is -0.668. The molecule has 0 aliphatic heterocycles. The molecule has 178 valence electrons. The number of ether oxygens (including phenoxy) is 1. The van der Waals surface area contributed by atoms with Gasteiger partial charge in [-0.05, 0) is 51.5 Å². The largest absolute Gasteiger partial charge is 0.507 e. The van der Waals surface area contributed by atoms with Crippen LogP contribution in [0.1, 0.15) is 32.0 Å². The Bertz CT molecular complexity index is 1330. The monoisotopic (exact) mass is 483 g/mol. The van der Waals surface area contributed by atoms with Gasteiger partial charge in [0.2, 0.25) is 0 Å². The number of nitriles is 1. The summed E-state index contributed by atoms with van der Waals surface area (Å²) in [6, 6.07) is 10.2. The molecule has 5 N–H and O–H groups in total. The van der Waals surface area contributed by atoms with E-state index < -0.39 is 17.3 Å². The first-order chi connectivity index (χ1) is 15.9. The van der Waals surface area contributed by atoms with Crippen LogP contribution in [0.15, 0.2) is 35.1 Å². The summed E-state index contributed by atoms with van der Waals surface area (Å²) in [5.74, 6) is -0.174. The molecule has 0 aliphatic carbocycles. The van der Waals surface area contributed by atoms with Crippen LogP contribution in [0.5, 0.6) is 5.75 Å². The maximum absolute atomic E-state index is 12.9. The number of amides is 1. The third-order valence-electron chi connectivity index (χ3n) is 4.94. The number of carbonyl (C=O) groups excluding carboxylic acids is 1. The number of aromatic amines is 1. The lowest BCUT2D eigenvalue weighted by molar-refractivity contribution is 0.0526. The lowest BCUT2D eigenvalue weighted by atomic mass is 9.98. The van der Waals surface area contributed by atoms with E-state index >= 15 is 0 Å². The van der Waals surface area contributed by atoms with Gasteiger partial charge in [0.1, 0.15) is 34.4 Å². The molecule has 0 aliphatic rings. The maximum Gasteiger partial charge on any atom is 0.407 e. The molecule has 0 bridgehead atoms. The first-order valence-corrected chi connectivity index (χ1v) is 10.9. The Morgan fingerprint density at radius 3 is 2.50 bits per heavy atom. The van der Waals surface area contributed by atoms with E-state index in [0.29, 0.717) is 21.8 Å². The molecule has 3 rings (SSSR count). The molecule has 0 spiro atoms. The number of pyridine rings is 1. The molecule has 2 heterocycles. The molecule has 1 amide bonds. The summed E-state index contributed by atoms with van der Waals surface area (Å²) in [6.07, 6.45) is -0.616. The number of nitrogens with one attached hydrogen (secondary N) is 2. The molecule has 0 radical (unpaired) electrons. The molecule has 9 nitrogen and oxygen atoms in total. The number of nitrogens with zero attached hydrogens (tertiary/aromatic N) is 2. The SMILES string of the molecule is Cc1cc(O)c(-c2c(-c3ccc(Cl)cc3)c(C#N)c(N)n2CCNC(=O)OC(C)(C)C)c(=O)[nH]1. The van der Waals surface area contributed by atoms with E-state index in [1.807, 2.05) is 0 Å². The van der Waals surface area contributed by atoms with E-state index in [0.717, 1.165) is 0 Å². The van der Waals surface area contributed by atoms with Crippen LogP contribution in [0.25, 0.3) is 22.4 Å². The van der Waals surface area contributed by atoms with E-state index in [9.17, 15) is 20.0 Å². The standard InChI is InChI=1S/C24H26ClN5O4/c1-13-11-17(31)19(22(32)29-13)20-18(14-5-7-15(25)8-6-14)16(12-26)21(27)30(20)10-9-28-23(33)34-24(2,3)4/h5-8,11H,9-10,27H2,1-4H3,(H,28,33)(H2,29,31,32). The van der Waals surface area contributed by atoms with Crippen molar-refractivity contribution in [1.82, 2.24) is 14.9 Å². The van der Waals surface area contributed by atoms with Gasteiger partial charge in [0.25, 0.3) is 5.56 Å². The molecule has 0 fully saturated rings. The fourth-order valence-electron chi connectivity index (χ4n) is 3.62. The number of hydrogen-bond donors (Lipinski definition) is 4. The van der Waals surface area contributed by atoms with Gasteiger partial charge in [-0.3, -0.25) is 4.79 Å². The fraction of sp³-hybridized carbons (Fsp3) is 0.292. The van der Waals surface area contributed by atoms with Gasteiger partial charge in [0.05, 0.1) is 5.69 Å². The van der Waals surface area contributed by atoms with Crippen molar-refractivity contribution in [2.45, 2.75) is 39.8 Å². The molecule has 1 aromatic carbocycles. The van der Waals surface area contributed by atoms with Crippen LogP contribution < -0.4 is 16.6 Å². The molecular formula is C24H26ClN5O4. The van der Waals surface area contributed by atoms with Crippen LogP contribution in [0.3, 0.4) is 0 Å². The van der Waals surface area contributed by atoms with Gasteiger partial charge in [0.15, 0.2) is 0 Å². The Kier molecular flexibility index (Phi) is 6.93. The minimum Gasteiger partial charge on any atom is -0.507 e. The number of halogens is 1. The quantitative estimate of drug-likeness (QED) is 0.428. The lowest BCUT2D eigenvalue weighted by Crippen LogP contribution is -2.34. The summed E-state index contributed by atoms with van der Waals surface area (Å²) in [5, 5.41) is 23.8. The zero-order valence-electron chi connectivity index (χ0n) is 19.3. The molecule has 2 aromatic heterocycles. The van der Waals surface area contributed by atoms with Crippen LogP contribution in [-0.4, -0.2) is 32.9 Å². The smallest absolute Gasteiger partial charge is 0.407 e. The number of aromatic hydroxyl groups is 1. The van der Waals surface area contributed by atoms with E-state index in [1.165, 1.54) is 10.6 Å². The predicted molar refractivity (Wildman–Crippen MR) is 131 cm³/mol. The lowest BCUT2D eigenvalue weighted by Gasteiger charge is -2.20. The van der Waals surface area contributed by atoms with Crippen molar-refractivity contribution in [1.29, 1.82) is 5.26 Å². The molecule has 0 saturated heterocycles. The minimum absolute atomic E-state index is 0.0407. The average molecular weight is 484 g/mol. The zero-order chi connectivity index (χ0) is 25.2. The highest BCUT2D eigenvalue weighted by Crippen LogP contribution is 2.42. The molecule has 0 atom stereocenters. The van der Waals surface area contributed by atoms with E-state index in [1.54, 1.807) is 52.0 Å². The van der Waals surface area contributed by atoms with E-state index in [2.05, 4.69) is 16.4 Å². The van der Waals surface area contributed by atoms with Gasteiger partial charge >= 0.3 is 6.09 Å². The Morgan fingerprint density at radius 2 is 1.94 bits per heavy atom. The Hall–Kier alpha value is -3.90. The molecule has 34 heavy (non-hydrogen) atoms. The number of rotatable bonds is 5. The van der Waals surface area contributed by atoms with Crippen molar-refractivity contribution in [2.24, 2.45) is 0 Å². The van der Waals surface area contributed by atoms with Gasteiger partial charge in [-0.25, -0.2) is 4.79 Å². The summed E-state index contributed by atoms with van der Waals surface area (Å²) in [6.45, 7) is 7.09. The summed E-state index contributed by atoms with van der Waals surface area (Å²) >= 11 is 6.04. The summed E-state index contributed by atoms with van der Waals surface area (Å²) < 4.78 is 6.78. The summed E-state index contributed by atoms with van der Waals surface area (Å²) in [4.78, 5) is 27.7. The number of H-pyrrole nitrogens is 1. The second-order valence-electron chi connectivity index (χ2n) is 8.72. The van der Waals surface area contributed by atoms with Crippen molar-refractivity contribution >= 4 is 23.5 Å². The molecular weight excluding hydrogens is 458 g/mol. The number of carbonyl (C=O) groups is 1. The second-order valence-corrected chi connectivity index (χ2v) is 9.16. The van der Waals surface area contributed by atoms with Gasteiger partial charge in [0, 0.05) is 29.4 Å². The Labute approximate surface area is 201 Å². The van der Waals surface area contributed by atoms with E-state index in [-0.39, 0.29) is 41.5 Å². The van der Waals surface area contributed by atoms with Crippen molar-refractivity contribution in [3.63, 3.8) is 0 Å². The van der Waals surface area contributed by atoms with Gasteiger partial charge < -0.3 is 30.4 Å². The van der Waals surface area contributed by atoms with Crippen LogP contribution >= 0.6 is 11.6 Å². The first-order valence-electron chi connectivity index (χ1n) is 10.5. The second kappa shape index (κ2) is 9.53. The molecule has 3 aromatic rings. The predicted octanol–water partition coefficient (Wildman–Crippen LogP) is 4.16. The number of benzene rings is 1. The molecule has 10 heteroatoms. The van der Waals surface area contributed by atoms with Crippen molar-refractivity contribution in [2.75, 3.05) is 12.3 Å². The topological polar surface area (TPSA) is 146 Å². The highest BCUT2D eigenvalue weighted by molar-refractivity contribution is 6.30. The number of nitrogens with two attached hydrogens (primary N) is 1. The Balaban J connectivity index is 2.18. The third-order valence-corrected chi connectivity index (χ3v) is 5.19. The number of hydrogen-bond acceptors (Lipinski definition) is 6. The molecule has 0 unspecified atom stereocenters. The number of aryl methyl sites for hydroxylation is 1. The first kappa shape index (κ1) is 24.7. The number of alkyl carbamates (subject to hydrolysis) is 1. The molecule has 0 saturated carbocycles. The summed E-state index contributed by atoms with van der Waals surface area (Å²) in [7, 11) is 0.